The number of rotatable bonds is 4. The third-order valence-electron chi connectivity index (χ3n) is 3.64. The maximum Gasteiger partial charge on any atom is 0.136 e. The van der Waals surface area contributed by atoms with Gasteiger partial charge in [-0.1, -0.05) is 13.8 Å². The van der Waals surface area contributed by atoms with Crippen LogP contribution in [0, 0.1) is 0 Å². The molecule has 20 heavy (non-hydrogen) atoms. The molecule has 0 saturated heterocycles. The number of nitrogens with zero attached hydrogens (tertiary/aromatic N) is 2. The Labute approximate surface area is 118 Å². The maximum absolute atomic E-state index is 5.67. The highest BCUT2D eigenvalue weighted by atomic mass is 16.5. The van der Waals surface area contributed by atoms with Crippen molar-refractivity contribution in [3.05, 3.63) is 24.0 Å². The number of methoxy groups -OCH3 is 1. The van der Waals surface area contributed by atoms with Crippen molar-refractivity contribution in [3.63, 3.8) is 0 Å². The predicted molar refractivity (Wildman–Crippen MR) is 78.1 cm³/mol. The topological polar surface area (TPSA) is 48.3 Å². The molecule has 2 heterocycles. The molecule has 1 aliphatic heterocycles. The minimum absolute atomic E-state index is 0.276. The molecule has 0 radical (unpaired) electrons. The zero-order chi connectivity index (χ0) is 14.1. The Morgan fingerprint density at radius 3 is 3.10 bits per heavy atom. The minimum Gasteiger partial charge on any atom is -0.497 e. The van der Waals surface area contributed by atoms with Gasteiger partial charge in [0.1, 0.15) is 18.2 Å². The van der Waals surface area contributed by atoms with Crippen molar-refractivity contribution < 1.29 is 9.47 Å². The highest BCUT2D eigenvalue weighted by molar-refractivity contribution is 5.78. The van der Waals surface area contributed by atoms with Crippen molar-refractivity contribution in [2.24, 2.45) is 0 Å². The van der Waals surface area contributed by atoms with E-state index in [9.17, 15) is 0 Å². The van der Waals surface area contributed by atoms with Gasteiger partial charge in [-0.2, -0.15) is 0 Å². The summed E-state index contributed by atoms with van der Waals surface area (Å²) in [5, 5.41) is 3.48. The molecule has 0 bridgehead atoms. The highest BCUT2D eigenvalue weighted by Crippen LogP contribution is 2.28. The van der Waals surface area contributed by atoms with Gasteiger partial charge in [0, 0.05) is 18.7 Å². The third-order valence-corrected chi connectivity index (χ3v) is 3.64. The molecule has 1 atom stereocenters. The van der Waals surface area contributed by atoms with Crippen LogP contribution in [0.5, 0.6) is 5.75 Å². The molecule has 1 aliphatic rings. The Kier molecular flexibility index (Phi) is 3.63. The van der Waals surface area contributed by atoms with Crippen molar-refractivity contribution in [3.8, 4) is 5.75 Å². The molecule has 1 N–H and O–H groups in total. The smallest absolute Gasteiger partial charge is 0.136 e. The number of hydrogen-bond donors (Lipinski definition) is 1. The lowest BCUT2D eigenvalue weighted by Crippen LogP contribution is -2.35. The Morgan fingerprint density at radius 2 is 2.35 bits per heavy atom. The summed E-state index contributed by atoms with van der Waals surface area (Å²) in [6, 6.07) is 6.75. The Bertz CT molecular complexity index is 606. The van der Waals surface area contributed by atoms with Crippen LogP contribution in [0.2, 0.25) is 0 Å². The van der Waals surface area contributed by atoms with E-state index in [1.807, 2.05) is 12.1 Å². The molecule has 0 saturated carbocycles. The summed E-state index contributed by atoms with van der Waals surface area (Å²) in [6.45, 7) is 6.48. The van der Waals surface area contributed by atoms with Crippen LogP contribution in [0.1, 0.15) is 25.7 Å². The second-order valence-corrected chi connectivity index (χ2v) is 5.48. The summed E-state index contributed by atoms with van der Waals surface area (Å²) < 4.78 is 13.3. The molecule has 0 unspecified atom stereocenters. The molecule has 0 fully saturated rings. The van der Waals surface area contributed by atoms with Crippen LogP contribution in [0.25, 0.3) is 11.0 Å². The van der Waals surface area contributed by atoms with Crippen molar-refractivity contribution in [2.45, 2.75) is 32.5 Å². The van der Waals surface area contributed by atoms with E-state index in [0.29, 0.717) is 12.6 Å². The second-order valence-electron chi connectivity index (χ2n) is 5.48. The van der Waals surface area contributed by atoms with Gasteiger partial charge in [-0.3, -0.25) is 0 Å². The molecular weight excluding hydrogens is 254 g/mol. The van der Waals surface area contributed by atoms with E-state index >= 15 is 0 Å². The van der Waals surface area contributed by atoms with Gasteiger partial charge in [0.15, 0.2) is 0 Å². The van der Waals surface area contributed by atoms with Gasteiger partial charge in [0.05, 0.1) is 30.8 Å². The van der Waals surface area contributed by atoms with Gasteiger partial charge >= 0.3 is 0 Å². The van der Waals surface area contributed by atoms with Crippen LogP contribution in [0.3, 0.4) is 0 Å². The summed E-state index contributed by atoms with van der Waals surface area (Å²) in [5.41, 5.74) is 2.12. The monoisotopic (exact) mass is 275 g/mol. The average molecular weight is 275 g/mol. The van der Waals surface area contributed by atoms with E-state index in [0.717, 1.165) is 35.8 Å². The van der Waals surface area contributed by atoms with Crippen LogP contribution in [0.15, 0.2) is 18.2 Å². The van der Waals surface area contributed by atoms with Crippen LogP contribution in [-0.2, 0) is 11.3 Å². The van der Waals surface area contributed by atoms with Crippen LogP contribution in [0.4, 0.5) is 0 Å². The number of hydrogen-bond acceptors (Lipinski definition) is 4. The molecule has 5 heteroatoms. The quantitative estimate of drug-likeness (QED) is 0.928. The van der Waals surface area contributed by atoms with Gasteiger partial charge < -0.3 is 19.4 Å². The average Bonchev–Trinajstić information content (AvgIpc) is 2.82. The first-order valence-corrected chi connectivity index (χ1v) is 7.05. The van der Waals surface area contributed by atoms with Crippen LogP contribution >= 0.6 is 0 Å². The number of imidazole rings is 1. The number of ether oxygens (including phenoxy) is 2. The normalized spacial score (nSPS) is 18.5. The molecule has 3 rings (SSSR count). The Balaban J connectivity index is 2.01. The Hall–Kier alpha value is -1.59. The summed E-state index contributed by atoms with van der Waals surface area (Å²) >= 11 is 0. The van der Waals surface area contributed by atoms with Crippen LogP contribution < -0.4 is 10.1 Å². The Morgan fingerprint density at radius 1 is 1.50 bits per heavy atom. The zero-order valence-corrected chi connectivity index (χ0v) is 12.2. The summed E-state index contributed by atoms with van der Waals surface area (Å²) in [5.74, 6) is 1.86. The van der Waals surface area contributed by atoms with E-state index in [1.54, 1.807) is 7.11 Å². The van der Waals surface area contributed by atoms with Crippen molar-refractivity contribution in [1.29, 1.82) is 0 Å². The fourth-order valence-corrected chi connectivity index (χ4v) is 2.64. The zero-order valence-electron chi connectivity index (χ0n) is 12.2. The first-order valence-electron chi connectivity index (χ1n) is 7.05. The van der Waals surface area contributed by atoms with Gasteiger partial charge in [-0.15, -0.1) is 0 Å². The van der Waals surface area contributed by atoms with Crippen molar-refractivity contribution in [1.82, 2.24) is 14.9 Å². The van der Waals surface area contributed by atoms with Gasteiger partial charge in [0.25, 0.3) is 0 Å². The molecule has 1 aromatic heterocycles. The van der Waals surface area contributed by atoms with Crippen molar-refractivity contribution >= 4 is 11.0 Å². The molecule has 5 nitrogen and oxygen atoms in total. The van der Waals surface area contributed by atoms with Gasteiger partial charge in [-0.05, 0) is 12.1 Å². The summed E-state index contributed by atoms with van der Waals surface area (Å²) in [7, 11) is 1.69. The number of fused-ring (bicyclic) bond motifs is 3. The van der Waals surface area contributed by atoms with E-state index < -0.39 is 0 Å². The molecule has 0 spiro atoms. The SMILES string of the molecule is COc1ccc2nc3n(c2c1)[C@@H](CNC(C)C)COC3. The molecular formula is C15H21N3O2. The van der Waals surface area contributed by atoms with Gasteiger partial charge in [-0.25, -0.2) is 4.98 Å². The first-order chi connectivity index (χ1) is 9.69. The van der Waals surface area contributed by atoms with E-state index in [1.165, 1.54) is 0 Å². The highest BCUT2D eigenvalue weighted by Gasteiger charge is 2.24. The predicted octanol–water partition coefficient (Wildman–Crippen LogP) is 2.11. The van der Waals surface area contributed by atoms with E-state index in [-0.39, 0.29) is 6.04 Å². The van der Waals surface area contributed by atoms with E-state index in [2.05, 4.69) is 34.8 Å². The van der Waals surface area contributed by atoms with Crippen molar-refractivity contribution in [2.75, 3.05) is 20.3 Å². The molecule has 1 aromatic carbocycles. The molecule has 0 aliphatic carbocycles. The van der Waals surface area contributed by atoms with E-state index in [4.69, 9.17) is 9.47 Å². The summed E-state index contributed by atoms with van der Waals surface area (Å²) in [6.07, 6.45) is 0. The number of benzene rings is 1. The molecule has 108 valence electrons. The number of aromatic nitrogens is 2. The summed E-state index contributed by atoms with van der Waals surface area (Å²) in [4.78, 5) is 4.66. The minimum atomic E-state index is 0.276. The second kappa shape index (κ2) is 5.42. The molecule has 0 amide bonds. The lowest BCUT2D eigenvalue weighted by atomic mass is 10.2. The lowest BCUT2D eigenvalue weighted by Gasteiger charge is -2.27. The van der Waals surface area contributed by atoms with Crippen LogP contribution in [-0.4, -0.2) is 35.9 Å². The van der Waals surface area contributed by atoms with Gasteiger partial charge in [0.2, 0.25) is 0 Å². The largest absolute Gasteiger partial charge is 0.497 e. The molecule has 2 aromatic rings. The fraction of sp³-hybridized carbons (Fsp3) is 0.533. The lowest BCUT2D eigenvalue weighted by molar-refractivity contribution is 0.0559. The fourth-order valence-electron chi connectivity index (χ4n) is 2.64. The standard InChI is InChI=1S/C15H21N3O2/c1-10(2)16-7-11-8-20-9-15-17-13-5-4-12(19-3)6-14(13)18(11)15/h4-6,10-11,16H,7-9H2,1-3H3/t11-/m0/s1. The first kappa shape index (κ1) is 13.4. The maximum atomic E-state index is 5.67. The third kappa shape index (κ3) is 2.39. The number of nitrogens with one attached hydrogen (secondary N) is 1.